The number of benzene rings is 1. The van der Waals surface area contributed by atoms with E-state index in [1.807, 2.05) is 0 Å². The maximum absolute atomic E-state index is 6.00. The van der Waals surface area contributed by atoms with Gasteiger partial charge in [0.05, 0.1) is 10.0 Å². The zero-order valence-corrected chi connectivity index (χ0v) is 12.4. The van der Waals surface area contributed by atoms with Crippen molar-refractivity contribution in [2.75, 3.05) is 5.32 Å². The monoisotopic (exact) mass is 340 g/mol. The van der Waals surface area contributed by atoms with Gasteiger partial charge in [0.15, 0.2) is 5.82 Å². The Morgan fingerprint density at radius 1 is 0.778 bits per heavy atom. The second-order valence-corrected chi connectivity index (χ2v) is 5.42. The van der Waals surface area contributed by atoms with Gasteiger partial charge < -0.3 is 5.32 Å². The topological polar surface area (TPSA) is 24.9 Å². The molecule has 7 heteroatoms. The van der Waals surface area contributed by atoms with E-state index in [2.05, 4.69) is 10.3 Å². The van der Waals surface area contributed by atoms with Crippen LogP contribution < -0.4 is 5.32 Å². The van der Waals surface area contributed by atoms with Crippen LogP contribution in [0.25, 0.3) is 0 Å². The summed E-state index contributed by atoms with van der Waals surface area (Å²) in [5.74, 6) is 0.379. The molecule has 0 bridgehead atoms. The minimum Gasteiger partial charge on any atom is -0.339 e. The molecule has 2 aromatic rings. The Morgan fingerprint density at radius 3 is 2.00 bits per heavy atom. The fraction of sp³-hybridized carbons (Fsp3) is 0. The lowest BCUT2D eigenvalue weighted by molar-refractivity contribution is 1.31. The Morgan fingerprint density at radius 2 is 1.39 bits per heavy atom. The van der Waals surface area contributed by atoms with Crippen LogP contribution in [0.1, 0.15) is 0 Å². The van der Waals surface area contributed by atoms with Crippen LogP contribution in [0.15, 0.2) is 24.3 Å². The van der Waals surface area contributed by atoms with Gasteiger partial charge in [-0.2, -0.15) is 0 Å². The quantitative estimate of drug-likeness (QED) is 0.668. The second kappa shape index (κ2) is 5.72. The van der Waals surface area contributed by atoms with Gasteiger partial charge in [-0.05, 0) is 24.3 Å². The number of aromatic nitrogens is 1. The van der Waals surface area contributed by atoms with Crippen molar-refractivity contribution in [2.24, 2.45) is 0 Å². The fourth-order valence-corrected chi connectivity index (χ4v) is 2.37. The van der Waals surface area contributed by atoms with Crippen LogP contribution in [0.5, 0.6) is 0 Å². The summed E-state index contributed by atoms with van der Waals surface area (Å²) in [5, 5.41) is 4.77. The molecule has 0 atom stereocenters. The number of rotatable bonds is 2. The van der Waals surface area contributed by atoms with E-state index in [1.54, 1.807) is 18.2 Å². The Labute approximate surface area is 129 Å². The fourth-order valence-electron chi connectivity index (χ4n) is 1.29. The number of hydrogen-bond donors (Lipinski definition) is 1. The van der Waals surface area contributed by atoms with Crippen molar-refractivity contribution in [3.63, 3.8) is 0 Å². The van der Waals surface area contributed by atoms with E-state index >= 15 is 0 Å². The normalized spacial score (nSPS) is 10.5. The van der Waals surface area contributed by atoms with Gasteiger partial charge in [-0.15, -0.1) is 0 Å². The van der Waals surface area contributed by atoms with Crippen LogP contribution in [-0.2, 0) is 0 Å². The predicted octanol–water partition coefficient (Wildman–Crippen LogP) is 6.09. The van der Waals surface area contributed by atoms with Crippen molar-refractivity contribution in [1.82, 2.24) is 4.98 Å². The first kappa shape index (κ1) is 14.0. The molecule has 0 saturated carbocycles. The molecular weight excluding hydrogens is 337 g/mol. The molecule has 1 aromatic heterocycles. The van der Waals surface area contributed by atoms with Crippen LogP contribution in [0.2, 0.25) is 25.2 Å². The molecule has 0 aliphatic rings. The molecule has 0 unspecified atom stereocenters. The summed E-state index contributed by atoms with van der Waals surface area (Å²) in [6.45, 7) is 0. The number of hydrogen-bond acceptors (Lipinski definition) is 2. The van der Waals surface area contributed by atoms with Crippen molar-refractivity contribution >= 4 is 69.5 Å². The summed E-state index contributed by atoms with van der Waals surface area (Å²) >= 11 is 29.4. The molecule has 18 heavy (non-hydrogen) atoms. The molecule has 1 N–H and O–H groups in total. The van der Waals surface area contributed by atoms with Gasteiger partial charge in [-0.1, -0.05) is 58.0 Å². The zero-order valence-electron chi connectivity index (χ0n) is 8.65. The lowest BCUT2D eigenvalue weighted by atomic mass is 10.3. The summed E-state index contributed by atoms with van der Waals surface area (Å²) in [5.41, 5.74) is 0.653. The van der Waals surface area contributed by atoms with E-state index in [-0.39, 0.29) is 10.2 Å². The average molecular weight is 342 g/mol. The lowest BCUT2D eigenvalue weighted by Gasteiger charge is -2.09. The van der Waals surface area contributed by atoms with Crippen molar-refractivity contribution in [1.29, 1.82) is 0 Å². The average Bonchev–Trinajstić information content (AvgIpc) is 2.24. The first-order valence-corrected chi connectivity index (χ1v) is 6.59. The molecular formula is C11H5Cl5N2. The summed E-state index contributed by atoms with van der Waals surface area (Å²) in [4.78, 5) is 4.03. The molecule has 2 nitrogen and oxygen atoms in total. The van der Waals surface area contributed by atoms with Crippen LogP contribution in [0, 0.1) is 0 Å². The van der Waals surface area contributed by atoms with Gasteiger partial charge in [0.1, 0.15) is 5.15 Å². The highest BCUT2D eigenvalue weighted by Crippen LogP contribution is 2.32. The third-order valence-corrected chi connectivity index (χ3v) is 3.41. The highest BCUT2D eigenvalue weighted by atomic mass is 35.5. The molecule has 0 fully saturated rings. The van der Waals surface area contributed by atoms with Crippen molar-refractivity contribution in [3.8, 4) is 0 Å². The van der Waals surface area contributed by atoms with Gasteiger partial charge in [0.25, 0.3) is 0 Å². The first-order chi connectivity index (χ1) is 8.45. The number of anilines is 2. The Bertz CT molecular complexity index is 580. The zero-order chi connectivity index (χ0) is 13.3. The van der Waals surface area contributed by atoms with E-state index in [1.165, 1.54) is 6.07 Å². The first-order valence-electron chi connectivity index (χ1n) is 4.70. The lowest BCUT2D eigenvalue weighted by Crippen LogP contribution is -1.95. The smallest absolute Gasteiger partial charge is 0.151 e. The molecule has 0 saturated heterocycles. The highest BCUT2D eigenvalue weighted by molar-refractivity contribution is 6.43. The molecule has 0 amide bonds. The summed E-state index contributed by atoms with van der Waals surface area (Å²) in [6, 6.07) is 6.51. The Kier molecular flexibility index (Phi) is 4.46. The predicted molar refractivity (Wildman–Crippen MR) is 79.0 cm³/mol. The van der Waals surface area contributed by atoms with E-state index < -0.39 is 0 Å². The molecule has 0 aliphatic carbocycles. The maximum atomic E-state index is 6.00. The molecule has 0 radical (unpaired) electrons. The Hall–Kier alpha value is -0.380. The second-order valence-electron chi connectivity index (χ2n) is 3.37. The van der Waals surface area contributed by atoms with Crippen LogP contribution in [-0.4, -0.2) is 4.98 Å². The number of pyridine rings is 1. The van der Waals surface area contributed by atoms with Crippen LogP contribution in [0.3, 0.4) is 0 Å². The van der Waals surface area contributed by atoms with Gasteiger partial charge >= 0.3 is 0 Å². The molecule has 0 spiro atoms. The molecule has 94 valence electrons. The Balaban J connectivity index is 2.36. The third kappa shape index (κ3) is 3.34. The highest BCUT2D eigenvalue weighted by Gasteiger charge is 2.08. The van der Waals surface area contributed by atoms with Gasteiger partial charge in [-0.3, -0.25) is 0 Å². The summed E-state index contributed by atoms with van der Waals surface area (Å²) in [7, 11) is 0. The molecule has 1 heterocycles. The SMILES string of the molecule is Clc1cc(Cl)cc(Nc2nc(Cl)c(Cl)cc2Cl)c1. The van der Waals surface area contributed by atoms with E-state index in [9.17, 15) is 0 Å². The molecule has 2 rings (SSSR count). The third-order valence-electron chi connectivity index (χ3n) is 2.01. The van der Waals surface area contributed by atoms with Crippen molar-refractivity contribution in [3.05, 3.63) is 49.5 Å². The van der Waals surface area contributed by atoms with Crippen LogP contribution in [0.4, 0.5) is 11.5 Å². The number of nitrogens with zero attached hydrogens (tertiary/aromatic N) is 1. The number of nitrogens with one attached hydrogen (secondary N) is 1. The van der Waals surface area contributed by atoms with Gasteiger partial charge in [0, 0.05) is 15.7 Å². The van der Waals surface area contributed by atoms with Crippen molar-refractivity contribution < 1.29 is 0 Å². The van der Waals surface area contributed by atoms with E-state index in [0.717, 1.165) is 0 Å². The van der Waals surface area contributed by atoms with Gasteiger partial charge in [-0.25, -0.2) is 4.98 Å². The summed E-state index contributed by atoms with van der Waals surface area (Å²) < 4.78 is 0. The minimum atomic E-state index is 0.164. The number of halogens is 5. The maximum Gasteiger partial charge on any atom is 0.151 e. The van der Waals surface area contributed by atoms with Crippen molar-refractivity contribution in [2.45, 2.75) is 0 Å². The van der Waals surface area contributed by atoms with E-state index in [4.69, 9.17) is 58.0 Å². The van der Waals surface area contributed by atoms with E-state index in [0.29, 0.717) is 26.6 Å². The van der Waals surface area contributed by atoms with Gasteiger partial charge in [0.2, 0.25) is 0 Å². The minimum absolute atomic E-state index is 0.164. The van der Waals surface area contributed by atoms with Crippen LogP contribution >= 0.6 is 58.0 Å². The largest absolute Gasteiger partial charge is 0.339 e. The molecule has 0 aliphatic heterocycles. The summed E-state index contributed by atoms with van der Waals surface area (Å²) in [6.07, 6.45) is 0. The standard InChI is InChI=1S/C11H5Cl5N2/c12-5-1-6(13)3-7(2-5)17-11-9(15)4-8(14)10(16)18-11/h1-4H,(H,17,18). The molecule has 1 aromatic carbocycles.